The van der Waals surface area contributed by atoms with Gasteiger partial charge >= 0.3 is 0 Å². The van der Waals surface area contributed by atoms with Gasteiger partial charge in [0.1, 0.15) is 0 Å². The van der Waals surface area contributed by atoms with E-state index in [-0.39, 0.29) is 4.90 Å². The third kappa shape index (κ3) is 3.52. The highest BCUT2D eigenvalue weighted by Crippen LogP contribution is 2.32. The summed E-state index contributed by atoms with van der Waals surface area (Å²) in [5.74, 6) is 0. The van der Waals surface area contributed by atoms with Crippen LogP contribution in [0.2, 0.25) is 0 Å². The molecule has 0 saturated carbocycles. The van der Waals surface area contributed by atoms with E-state index in [4.69, 9.17) is 10.9 Å². The lowest BCUT2D eigenvalue weighted by molar-refractivity contribution is 0.597. The van der Waals surface area contributed by atoms with Gasteiger partial charge in [-0.25, -0.2) is 23.5 Å². The molecule has 4 N–H and O–H groups in total. The zero-order valence-electron chi connectivity index (χ0n) is 11.9. The molecule has 112 valence electrons. The summed E-state index contributed by atoms with van der Waals surface area (Å²) < 4.78 is 22.8. The quantitative estimate of drug-likeness (QED) is 0.657. The summed E-state index contributed by atoms with van der Waals surface area (Å²) in [6.45, 7) is 5.76. The molecule has 1 aromatic heterocycles. The molecule has 0 aliphatic heterocycles. The molecule has 6 nitrogen and oxygen atoms in total. The van der Waals surface area contributed by atoms with E-state index in [9.17, 15) is 8.42 Å². The SMILES string of the molecule is Cc1nc(Sc2cc(S(N)(=O)=O)ccc2N)nc(C)c1C. The Hall–Kier alpha value is -1.64. The van der Waals surface area contributed by atoms with Crippen LogP contribution in [0.5, 0.6) is 0 Å². The van der Waals surface area contributed by atoms with E-state index < -0.39 is 10.0 Å². The van der Waals surface area contributed by atoms with Gasteiger partial charge in [-0.05, 0) is 56.3 Å². The fraction of sp³-hybridized carbons (Fsp3) is 0.231. The van der Waals surface area contributed by atoms with Crippen LogP contribution in [0.1, 0.15) is 17.0 Å². The van der Waals surface area contributed by atoms with Crippen molar-refractivity contribution in [2.24, 2.45) is 5.14 Å². The molecule has 0 atom stereocenters. The fourth-order valence-electron chi connectivity index (χ4n) is 1.67. The molecule has 0 fully saturated rings. The number of nitrogen functional groups attached to an aromatic ring is 1. The smallest absolute Gasteiger partial charge is 0.238 e. The van der Waals surface area contributed by atoms with E-state index in [1.54, 1.807) is 0 Å². The second-order valence-electron chi connectivity index (χ2n) is 4.65. The van der Waals surface area contributed by atoms with E-state index in [2.05, 4.69) is 9.97 Å². The topological polar surface area (TPSA) is 112 Å². The molecular formula is C13H16N4O2S2. The predicted octanol–water partition coefficient (Wildman–Crippen LogP) is 1.78. The van der Waals surface area contributed by atoms with Gasteiger partial charge in [-0.2, -0.15) is 0 Å². The Labute approximate surface area is 128 Å². The predicted molar refractivity (Wildman–Crippen MR) is 82.6 cm³/mol. The van der Waals surface area contributed by atoms with Crippen LogP contribution in [-0.2, 0) is 10.0 Å². The van der Waals surface area contributed by atoms with Crippen LogP contribution in [0.4, 0.5) is 5.69 Å². The van der Waals surface area contributed by atoms with Gasteiger partial charge in [0.2, 0.25) is 10.0 Å². The molecule has 1 aromatic carbocycles. The summed E-state index contributed by atoms with van der Waals surface area (Å²) in [7, 11) is -3.77. The number of nitrogens with two attached hydrogens (primary N) is 2. The van der Waals surface area contributed by atoms with Gasteiger partial charge < -0.3 is 5.73 Å². The Balaban J connectivity index is 2.44. The average Bonchev–Trinajstić information content (AvgIpc) is 2.37. The zero-order chi connectivity index (χ0) is 15.8. The van der Waals surface area contributed by atoms with Crippen LogP contribution >= 0.6 is 11.8 Å². The van der Waals surface area contributed by atoms with Crippen molar-refractivity contribution in [3.8, 4) is 0 Å². The zero-order valence-corrected chi connectivity index (χ0v) is 13.5. The number of aryl methyl sites for hydroxylation is 2. The first-order valence-electron chi connectivity index (χ1n) is 6.10. The van der Waals surface area contributed by atoms with Gasteiger partial charge in [0, 0.05) is 22.0 Å². The lowest BCUT2D eigenvalue weighted by Crippen LogP contribution is -2.12. The number of hydrogen-bond acceptors (Lipinski definition) is 6. The van der Waals surface area contributed by atoms with Crippen molar-refractivity contribution in [2.75, 3.05) is 5.73 Å². The van der Waals surface area contributed by atoms with Gasteiger partial charge in [-0.3, -0.25) is 0 Å². The fourth-order valence-corrected chi connectivity index (χ4v) is 3.21. The first-order chi connectivity index (χ1) is 9.68. The molecule has 1 heterocycles. The van der Waals surface area contributed by atoms with Crippen LogP contribution in [0.15, 0.2) is 33.1 Å². The van der Waals surface area contributed by atoms with E-state index >= 15 is 0 Å². The van der Waals surface area contributed by atoms with Crippen LogP contribution in [-0.4, -0.2) is 18.4 Å². The van der Waals surface area contributed by atoms with Gasteiger partial charge in [0.05, 0.1) is 4.90 Å². The third-order valence-electron chi connectivity index (χ3n) is 3.13. The lowest BCUT2D eigenvalue weighted by Gasteiger charge is -2.09. The number of aromatic nitrogens is 2. The van der Waals surface area contributed by atoms with Crippen LogP contribution in [0, 0.1) is 20.8 Å². The molecule has 2 aromatic rings. The summed E-state index contributed by atoms with van der Waals surface area (Å²) in [5, 5.41) is 5.65. The van der Waals surface area contributed by atoms with Crippen molar-refractivity contribution in [1.29, 1.82) is 0 Å². The van der Waals surface area contributed by atoms with E-state index in [1.807, 2.05) is 20.8 Å². The molecule has 0 radical (unpaired) electrons. The molecule has 0 bridgehead atoms. The van der Waals surface area contributed by atoms with Crippen molar-refractivity contribution in [3.63, 3.8) is 0 Å². The van der Waals surface area contributed by atoms with Crippen molar-refractivity contribution < 1.29 is 8.42 Å². The highest BCUT2D eigenvalue weighted by atomic mass is 32.2. The minimum Gasteiger partial charge on any atom is -0.398 e. The summed E-state index contributed by atoms with van der Waals surface area (Å²) in [5.41, 5.74) is 9.12. The normalized spacial score (nSPS) is 11.6. The summed E-state index contributed by atoms with van der Waals surface area (Å²) >= 11 is 1.21. The number of rotatable bonds is 3. The van der Waals surface area contributed by atoms with Gasteiger partial charge in [0.15, 0.2) is 5.16 Å². The summed E-state index contributed by atoms with van der Waals surface area (Å²) in [4.78, 5) is 9.33. The first kappa shape index (κ1) is 15.7. The van der Waals surface area contributed by atoms with Gasteiger partial charge in [0.25, 0.3) is 0 Å². The Kier molecular flexibility index (Phi) is 4.22. The number of anilines is 1. The molecule has 0 amide bonds. The molecule has 0 unspecified atom stereocenters. The standard InChI is InChI=1S/C13H16N4O2S2/c1-7-8(2)16-13(17-9(7)3)20-12-6-10(21(15,18)19)4-5-11(12)14/h4-6H,14H2,1-3H3,(H2,15,18,19). The van der Waals surface area contributed by atoms with Crippen molar-refractivity contribution >= 4 is 27.5 Å². The lowest BCUT2D eigenvalue weighted by atomic mass is 10.2. The van der Waals surface area contributed by atoms with Crippen molar-refractivity contribution in [2.45, 2.75) is 35.7 Å². The first-order valence-corrected chi connectivity index (χ1v) is 8.47. The average molecular weight is 324 g/mol. The summed E-state index contributed by atoms with van der Waals surface area (Å²) in [6, 6.07) is 4.32. The van der Waals surface area contributed by atoms with E-state index in [0.717, 1.165) is 17.0 Å². The Morgan fingerprint density at radius 2 is 1.67 bits per heavy atom. The Bertz CT molecular complexity index is 781. The largest absolute Gasteiger partial charge is 0.398 e. The number of nitrogens with zero attached hydrogens (tertiary/aromatic N) is 2. The highest BCUT2D eigenvalue weighted by molar-refractivity contribution is 7.99. The number of hydrogen-bond donors (Lipinski definition) is 2. The maximum Gasteiger partial charge on any atom is 0.238 e. The Morgan fingerprint density at radius 1 is 1.10 bits per heavy atom. The molecule has 2 rings (SSSR count). The number of sulfonamides is 1. The highest BCUT2D eigenvalue weighted by Gasteiger charge is 2.13. The van der Waals surface area contributed by atoms with Crippen LogP contribution in [0.25, 0.3) is 0 Å². The van der Waals surface area contributed by atoms with Crippen molar-refractivity contribution in [1.82, 2.24) is 9.97 Å². The number of benzene rings is 1. The summed E-state index contributed by atoms with van der Waals surface area (Å²) in [6.07, 6.45) is 0. The molecular weight excluding hydrogens is 308 g/mol. The van der Waals surface area contributed by atoms with Crippen LogP contribution in [0.3, 0.4) is 0 Å². The molecule has 8 heteroatoms. The van der Waals surface area contributed by atoms with E-state index in [1.165, 1.54) is 30.0 Å². The number of primary sulfonamides is 1. The minimum absolute atomic E-state index is 0.0137. The third-order valence-corrected chi connectivity index (χ3v) is 4.98. The monoisotopic (exact) mass is 324 g/mol. The van der Waals surface area contributed by atoms with Crippen LogP contribution < -0.4 is 10.9 Å². The molecule has 0 aliphatic rings. The molecule has 0 spiro atoms. The van der Waals surface area contributed by atoms with E-state index in [0.29, 0.717) is 15.7 Å². The maximum absolute atomic E-state index is 11.4. The second-order valence-corrected chi connectivity index (χ2v) is 7.22. The molecule has 0 saturated heterocycles. The second kappa shape index (κ2) is 5.63. The van der Waals surface area contributed by atoms with Gasteiger partial charge in [-0.1, -0.05) is 0 Å². The van der Waals surface area contributed by atoms with Gasteiger partial charge in [-0.15, -0.1) is 0 Å². The van der Waals surface area contributed by atoms with Crippen molar-refractivity contribution in [3.05, 3.63) is 35.2 Å². The minimum atomic E-state index is -3.77. The molecule has 21 heavy (non-hydrogen) atoms. The maximum atomic E-state index is 11.4. The molecule has 0 aliphatic carbocycles. The Morgan fingerprint density at radius 3 is 2.19 bits per heavy atom.